The lowest BCUT2D eigenvalue weighted by atomic mass is 9.86. The van der Waals surface area contributed by atoms with E-state index in [0.717, 1.165) is 26.2 Å². The van der Waals surface area contributed by atoms with E-state index in [4.69, 9.17) is 23.7 Å². The summed E-state index contributed by atoms with van der Waals surface area (Å²) in [5, 5.41) is 0.998. The molecule has 180 valence electrons. The maximum Gasteiger partial charge on any atom is 0.184 e. The van der Waals surface area contributed by atoms with E-state index in [1.807, 2.05) is 54.7 Å². The smallest absolute Gasteiger partial charge is 0.184 e. The lowest BCUT2D eigenvalue weighted by Crippen LogP contribution is -2.58. The summed E-state index contributed by atoms with van der Waals surface area (Å²) in [4.78, 5) is 10.7. The molecule has 0 bridgehead atoms. The van der Waals surface area contributed by atoms with Crippen LogP contribution in [0.25, 0.3) is 10.2 Å². The van der Waals surface area contributed by atoms with Crippen LogP contribution in [0.2, 0.25) is 0 Å². The predicted octanol–water partition coefficient (Wildman–Crippen LogP) is 4.85. The Morgan fingerprint density at radius 2 is 1.83 bits per heavy atom. The summed E-state index contributed by atoms with van der Waals surface area (Å²) >= 11 is 1.63. The van der Waals surface area contributed by atoms with Gasteiger partial charge in [-0.3, -0.25) is 0 Å². The summed E-state index contributed by atoms with van der Waals surface area (Å²) in [7, 11) is 1.65. The van der Waals surface area contributed by atoms with E-state index in [9.17, 15) is 0 Å². The number of fused-ring (bicyclic) bond motifs is 2. The zero-order valence-corrected chi connectivity index (χ0v) is 20.0. The number of hydrogen-bond donors (Lipinski definition) is 0. The van der Waals surface area contributed by atoms with Crippen molar-refractivity contribution in [2.75, 3.05) is 13.7 Å². The number of ether oxygens (including phenoxy) is 5. The zero-order chi connectivity index (χ0) is 23.6. The predicted molar refractivity (Wildman–Crippen MR) is 131 cm³/mol. The van der Waals surface area contributed by atoms with Gasteiger partial charge < -0.3 is 23.7 Å². The summed E-state index contributed by atoms with van der Waals surface area (Å²) < 4.78 is 31.3. The topological polar surface area (TPSA) is 71.9 Å². The van der Waals surface area contributed by atoms with Crippen molar-refractivity contribution < 1.29 is 23.7 Å². The number of methoxy groups -OCH3 is 1. The highest BCUT2D eigenvalue weighted by molar-refractivity contribution is 7.18. The van der Waals surface area contributed by atoms with Crippen molar-refractivity contribution >= 4 is 21.6 Å². The maximum atomic E-state index is 6.60. The molecule has 2 aliphatic rings. The van der Waals surface area contributed by atoms with Gasteiger partial charge in [-0.25, -0.2) is 9.97 Å². The first-order valence-electron chi connectivity index (χ1n) is 11.7. The molecular formula is C27H26N2O5S. The van der Waals surface area contributed by atoms with Gasteiger partial charge in [0.25, 0.3) is 0 Å². The van der Waals surface area contributed by atoms with Gasteiger partial charge in [-0.1, -0.05) is 60.7 Å². The average Bonchev–Trinajstić information content (AvgIpc) is 3.35. The highest BCUT2D eigenvalue weighted by atomic mass is 32.1. The van der Waals surface area contributed by atoms with E-state index in [1.165, 1.54) is 0 Å². The Morgan fingerprint density at radius 3 is 2.60 bits per heavy atom. The molecule has 0 spiro atoms. The molecule has 8 heteroatoms. The van der Waals surface area contributed by atoms with Crippen LogP contribution < -0.4 is 0 Å². The molecule has 2 aromatic carbocycles. The second-order valence-corrected chi connectivity index (χ2v) is 9.74. The second-order valence-electron chi connectivity index (χ2n) is 8.67. The van der Waals surface area contributed by atoms with Crippen LogP contribution in [-0.2, 0) is 30.3 Å². The van der Waals surface area contributed by atoms with Gasteiger partial charge in [0.2, 0.25) is 0 Å². The first-order chi connectivity index (χ1) is 17.3. The van der Waals surface area contributed by atoms with Crippen LogP contribution in [0.1, 0.15) is 28.2 Å². The molecule has 4 heterocycles. The van der Waals surface area contributed by atoms with Crippen LogP contribution in [0.4, 0.5) is 0 Å². The highest BCUT2D eigenvalue weighted by Gasteiger charge is 2.52. The fraction of sp³-hybridized carbons (Fsp3) is 0.333. The third kappa shape index (κ3) is 4.61. The lowest BCUT2D eigenvalue weighted by molar-refractivity contribution is -0.345. The van der Waals surface area contributed by atoms with E-state index in [2.05, 4.69) is 28.2 Å². The van der Waals surface area contributed by atoms with Crippen molar-refractivity contribution in [2.24, 2.45) is 0 Å². The normalized spacial score (nSPS) is 28.6. The van der Waals surface area contributed by atoms with Crippen molar-refractivity contribution in [1.29, 1.82) is 0 Å². The van der Waals surface area contributed by atoms with Crippen molar-refractivity contribution in [3.8, 4) is 0 Å². The van der Waals surface area contributed by atoms with Crippen LogP contribution in [0.5, 0.6) is 0 Å². The Morgan fingerprint density at radius 1 is 1.03 bits per heavy atom. The quantitative estimate of drug-likeness (QED) is 0.383. The molecule has 0 N–H and O–H groups in total. The Balaban J connectivity index is 1.37. The van der Waals surface area contributed by atoms with Crippen molar-refractivity contribution in [3.05, 3.63) is 95.3 Å². The molecule has 7 nitrogen and oxygen atoms in total. The zero-order valence-electron chi connectivity index (χ0n) is 19.2. The van der Waals surface area contributed by atoms with Crippen LogP contribution in [0.15, 0.2) is 79.3 Å². The molecule has 6 atom stereocenters. The first-order valence-corrected chi connectivity index (χ1v) is 12.5. The number of rotatable bonds is 6. The number of aromatic nitrogens is 2. The molecule has 2 aromatic heterocycles. The van der Waals surface area contributed by atoms with Crippen molar-refractivity contribution in [3.63, 3.8) is 0 Å². The molecule has 2 fully saturated rings. The summed E-state index contributed by atoms with van der Waals surface area (Å²) in [6.45, 7) is 0.836. The second kappa shape index (κ2) is 10.1. The van der Waals surface area contributed by atoms with Gasteiger partial charge in [-0.15, -0.1) is 11.3 Å². The lowest BCUT2D eigenvalue weighted by Gasteiger charge is -2.48. The number of benzene rings is 2. The van der Waals surface area contributed by atoms with Crippen LogP contribution in [0, 0.1) is 0 Å². The molecular weight excluding hydrogens is 464 g/mol. The Kier molecular flexibility index (Phi) is 6.56. The SMILES string of the molecule is CO[C@H]1O[C@@H]2COC(c3ccccc3)O[C@H]2[C@H](c2cc3cncnc3s2)[C@@H]1OCc1ccccc1. The van der Waals surface area contributed by atoms with Crippen molar-refractivity contribution in [1.82, 2.24) is 9.97 Å². The fourth-order valence-electron chi connectivity index (χ4n) is 4.80. The van der Waals surface area contributed by atoms with E-state index >= 15 is 0 Å². The molecule has 2 saturated heterocycles. The van der Waals surface area contributed by atoms with Gasteiger partial charge in [0.1, 0.15) is 23.4 Å². The molecule has 4 aromatic rings. The van der Waals surface area contributed by atoms with E-state index < -0.39 is 18.7 Å². The number of thiophene rings is 1. The van der Waals surface area contributed by atoms with Gasteiger partial charge in [0.05, 0.1) is 25.2 Å². The van der Waals surface area contributed by atoms with Crippen molar-refractivity contribution in [2.45, 2.75) is 43.4 Å². The minimum Gasteiger partial charge on any atom is -0.367 e. The highest BCUT2D eigenvalue weighted by Crippen LogP contribution is 2.45. The molecule has 2 aliphatic heterocycles. The van der Waals surface area contributed by atoms with Crippen LogP contribution in [-0.4, -0.2) is 48.3 Å². The van der Waals surface area contributed by atoms with Crippen LogP contribution in [0.3, 0.4) is 0 Å². The third-order valence-corrected chi connectivity index (χ3v) is 7.64. The molecule has 0 radical (unpaired) electrons. The monoisotopic (exact) mass is 490 g/mol. The van der Waals surface area contributed by atoms with Gasteiger partial charge in [-0.05, 0) is 11.6 Å². The van der Waals surface area contributed by atoms with E-state index in [0.29, 0.717) is 13.2 Å². The Labute approximate surface area is 207 Å². The Bertz CT molecular complexity index is 1220. The van der Waals surface area contributed by atoms with Gasteiger partial charge in [0.15, 0.2) is 12.6 Å². The summed E-state index contributed by atoms with van der Waals surface area (Å²) in [5.41, 5.74) is 2.06. The fourth-order valence-corrected chi connectivity index (χ4v) is 5.95. The molecule has 1 unspecified atom stereocenters. The van der Waals surface area contributed by atoms with E-state index in [-0.39, 0.29) is 18.1 Å². The summed E-state index contributed by atoms with van der Waals surface area (Å²) in [6, 6.07) is 22.2. The molecule has 6 rings (SSSR count). The maximum absolute atomic E-state index is 6.60. The Hall–Kier alpha value is -2.72. The molecule has 0 aliphatic carbocycles. The van der Waals surface area contributed by atoms with E-state index in [1.54, 1.807) is 24.8 Å². The number of hydrogen-bond acceptors (Lipinski definition) is 8. The van der Waals surface area contributed by atoms with Crippen LogP contribution >= 0.6 is 11.3 Å². The third-order valence-electron chi connectivity index (χ3n) is 6.48. The first kappa shape index (κ1) is 22.7. The standard InChI is InChI=1S/C27H26N2O5S/c1-30-27-24(31-14-17-8-4-2-5-9-17)22(21-12-19-13-28-16-29-25(19)35-21)23-20(33-27)15-32-26(34-23)18-10-6-3-7-11-18/h2-13,16,20,22-24,26-27H,14-15H2,1H3/t20-,22+,23-,24+,26?,27+/m1/s1. The minimum atomic E-state index is -0.568. The summed E-state index contributed by atoms with van der Waals surface area (Å²) in [5.74, 6) is -0.142. The average molecular weight is 491 g/mol. The molecule has 0 amide bonds. The van der Waals surface area contributed by atoms with Gasteiger partial charge in [0, 0.05) is 29.1 Å². The largest absolute Gasteiger partial charge is 0.367 e. The minimum absolute atomic E-state index is 0.142. The molecule has 35 heavy (non-hydrogen) atoms. The van der Waals surface area contributed by atoms with Gasteiger partial charge >= 0.3 is 0 Å². The molecule has 0 saturated carbocycles. The van der Waals surface area contributed by atoms with Gasteiger partial charge in [-0.2, -0.15) is 0 Å². The summed E-state index contributed by atoms with van der Waals surface area (Å²) in [6.07, 6.45) is 1.39. The number of nitrogens with zero attached hydrogens (tertiary/aromatic N) is 2.